The van der Waals surface area contributed by atoms with E-state index in [-0.39, 0.29) is 11.2 Å². The standard InChI is InChI=1S/C25H27FN6O2/c1-25(13-33-14-25)15-34-24-28-11-19-21(32-7-5-27-6-8-32)4-3-18(23(19)29-24)16-9-17-12-31(2)30-22(17)20(26)10-16/h3-4,9-12,27H,5-8,13-15H2,1-2H3. The zero-order valence-corrected chi connectivity index (χ0v) is 19.3. The smallest absolute Gasteiger partial charge is 0.316 e. The summed E-state index contributed by atoms with van der Waals surface area (Å²) in [5.41, 5.74) is 3.76. The molecule has 176 valence electrons. The Kier molecular flexibility index (Phi) is 5.11. The van der Waals surface area contributed by atoms with E-state index in [0.29, 0.717) is 31.3 Å². The lowest BCUT2D eigenvalue weighted by molar-refractivity contribution is -0.121. The van der Waals surface area contributed by atoms with Gasteiger partial charge in [-0.15, -0.1) is 0 Å². The molecule has 9 heteroatoms. The highest BCUT2D eigenvalue weighted by molar-refractivity contribution is 6.02. The SMILES string of the molecule is Cn1cc2cc(-c3ccc(N4CCNCC4)c4cnc(OCC5(C)COC5)nc34)cc(F)c2n1. The fourth-order valence-corrected chi connectivity index (χ4v) is 4.71. The van der Waals surface area contributed by atoms with E-state index in [0.717, 1.165) is 59.3 Å². The number of benzene rings is 2. The number of nitrogens with zero attached hydrogens (tertiary/aromatic N) is 5. The van der Waals surface area contributed by atoms with Crippen LogP contribution < -0.4 is 15.0 Å². The molecule has 4 aromatic rings. The van der Waals surface area contributed by atoms with E-state index in [2.05, 4.69) is 33.3 Å². The first-order valence-corrected chi connectivity index (χ1v) is 11.6. The first kappa shape index (κ1) is 21.2. The molecule has 34 heavy (non-hydrogen) atoms. The minimum absolute atomic E-state index is 0.0156. The second-order valence-electron chi connectivity index (χ2n) is 9.57. The lowest BCUT2D eigenvalue weighted by atomic mass is 9.90. The van der Waals surface area contributed by atoms with Gasteiger partial charge in [0.05, 0.1) is 18.7 Å². The van der Waals surface area contributed by atoms with Gasteiger partial charge in [-0.1, -0.05) is 13.0 Å². The summed E-state index contributed by atoms with van der Waals surface area (Å²) in [7, 11) is 1.79. The van der Waals surface area contributed by atoms with Crippen LogP contribution in [0, 0.1) is 11.2 Å². The van der Waals surface area contributed by atoms with Gasteiger partial charge in [0.1, 0.15) is 12.1 Å². The highest BCUT2D eigenvalue weighted by Crippen LogP contribution is 2.36. The largest absolute Gasteiger partial charge is 0.463 e. The number of hydrogen-bond acceptors (Lipinski definition) is 7. The predicted octanol–water partition coefficient (Wildman–Crippen LogP) is 3.15. The van der Waals surface area contributed by atoms with Crippen LogP contribution in [-0.2, 0) is 11.8 Å². The lowest BCUT2D eigenvalue weighted by Crippen LogP contribution is -2.44. The summed E-state index contributed by atoms with van der Waals surface area (Å²) in [5, 5.41) is 9.30. The van der Waals surface area contributed by atoms with Crippen molar-refractivity contribution in [3.8, 4) is 17.1 Å². The van der Waals surface area contributed by atoms with Crippen LogP contribution in [0.5, 0.6) is 6.01 Å². The second kappa shape index (κ2) is 8.18. The van der Waals surface area contributed by atoms with Crippen LogP contribution in [-0.4, -0.2) is 65.7 Å². The molecule has 2 saturated heterocycles. The summed E-state index contributed by atoms with van der Waals surface area (Å²) in [6, 6.07) is 7.92. The average molecular weight is 463 g/mol. The van der Waals surface area contributed by atoms with Gasteiger partial charge in [-0.25, -0.2) is 9.37 Å². The van der Waals surface area contributed by atoms with Gasteiger partial charge < -0.3 is 19.7 Å². The molecule has 2 aliphatic heterocycles. The molecule has 8 nitrogen and oxygen atoms in total. The first-order chi connectivity index (χ1) is 16.5. The highest BCUT2D eigenvalue weighted by Gasteiger charge is 2.34. The molecule has 2 aromatic heterocycles. The number of aromatic nitrogens is 4. The predicted molar refractivity (Wildman–Crippen MR) is 129 cm³/mol. The number of halogens is 1. The van der Waals surface area contributed by atoms with Gasteiger partial charge in [0.25, 0.3) is 0 Å². The number of ether oxygens (including phenoxy) is 2. The van der Waals surface area contributed by atoms with Crippen molar-refractivity contribution in [1.82, 2.24) is 25.1 Å². The van der Waals surface area contributed by atoms with Crippen LogP contribution in [0.25, 0.3) is 32.9 Å². The molecule has 0 amide bonds. The van der Waals surface area contributed by atoms with E-state index < -0.39 is 0 Å². The fourth-order valence-electron chi connectivity index (χ4n) is 4.71. The maximum Gasteiger partial charge on any atom is 0.316 e. The Morgan fingerprint density at radius 2 is 2.00 bits per heavy atom. The minimum atomic E-state index is -0.351. The monoisotopic (exact) mass is 462 g/mol. The van der Waals surface area contributed by atoms with Gasteiger partial charge >= 0.3 is 6.01 Å². The van der Waals surface area contributed by atoms with Crippen LogP contribution in [0.1, 0.15) is 6.92 Å². The van der Waals surface area contributed by atoms with E-state index in [9.17, 15) is 4.39 Å². The molecule has 2 aromatic carbocycles. The Labute approximate surface area is 196 Å². The van der Waals surface area contributed by atoms with Crippen LogP contribution in [0.15, 0.2) is 36.7 Å². The van der Waals surface area contributed by atoms with Crippen molar-refractivity contribution in [3.05, 3.63) is 42.5 Å². The van der Waals surface area contributed by atoms with Crippen molar-refractivity contribution in [2.75, 3.05) is 50.9 Å². The van der Waals surface area contributed by atoms with Gasteiger partial charge in [0.15, 0.2) is 5.82 Å². The number of rotatable bonds is 5. The van der Waals surface area contributed by atoms with E-state index in [4.69, 9.17) is 14.5 Å². The summed E-state index contributed by atoms with van der Waals surface area (Å²) in [6.07, 6.45) is 3.65. The summed E-state index contributed by atoms with van der Waals surface area (Å²) in [5.74, 6) is -0.351. The number of anilines is 1. The minimum Gasteiger partial charge on any atom is -0.463 e. The van der Waals surface area contributed by atoms with Crippen molar-refractivity contribution in [1.29, 1.82) is 0 Å². The van der Waals surface area contributed by atoms with Crippen molar-refractivity contribution in [2.45, 2.75) is 6.92 Å². The Bertz CT molecular complexity index is 1380. The first-order valence-electron chi connectivity index (χ1n) is 11.6. The number of nitrogens with one attached hydrogen (secondary N) is 1. The molecule has 0 atom stereocenters. The zero-order valence-electron chi connectivity index (χ0n) is 19.3. The molecule has 2 fully saturated rings. The maximum atomic E-state index is 14.9. The zero-order chi connectivity index (χ0) is 23.3. The number of hydrogen-bond donors (Lipinski definition) is 1. The summed E-state index contributed by atoms with van der Waals surface area (Å²) < 4.78 is 27.9. The molecular weight excluding hydrogens is 435 g/mol. The lowest BCUT2D eigenvalue weighted by Gasteiger charge is -2.37. The third-order valence-corrected chi connectivity index (χ3v) is 6.60. The fraction of sp³-hybridized carbons (Fsp3) is 0.400. The number of fused-ring (bicyclic) bond motifs is 2. The molecule has 2 aliphatic rings. The third-order valence-electron chi connectivity index (χ3n) is 6.60. The highest BCUT2D eigenvalue weighted by atomic mass is 19.1. The van der Waals surface area contributed by atoms with E-state index >= 15 is 0 Å². The van der Waals surface area contributed by atoms with Crippen LogP contribution in [0.2, 0.25) is 0 Å². The van der Waals surface area contributed by atoms with Crippen molar-refractivity contribution in [3.63, 3.8) is 0 Å². The van der Waals surface area contributed by atoms with Crippen LogP contribution in [0.4, 0.5) is 10.1 Å². The van der Waals surface area contributed by atoms with E-state index in [1.54, 1.807) is 11.7 Å². The Balaban J connectivity index is 1.47. The second-order valence-corrected chi connectivity index (χ2v) is 9.57. The molecule has 0 spiro atoms. The van der Waals surface area contributed by atoms with Crippen LogP contribution in [0.3, 0.4) is 0 Å². The summed E-state index contributed by atoms with van der Waals surface area (Å²) in [4.78, 5) is 11.7. The molecule has 0 saturated carbocycles. The molecule has 0 aliphatic carbocycles. The van der Waals surface area contributed by atoms with Gasteiger partial charge in [-0.2, -0.15) is 10.1 Å². The summed E-state index contributed by atoms with van der Waals surface area (Å²) >= 11 is 0. The van der Waals surface area contributed by atoms with Crippen LogP contribution >= 0.6 is 0 Å². The Morgan fingerprint density at radius 3 is 2.76 bits per heavy atom. The molecule has 0 radical (unpaired) electrons. The number of aryl methyl sites for hydroxylation is 1. The average Bonchev–Trinajstić information content (AvgIpc) is 3.22. The number of piperazine rings is 1. The molecule has 1 N–H and O–H groups in total. The van der Waals surface area contributed by atoms with E-state index in [1.807, 2.05) is 24.5 Å². The Morgan fingerprint density at radius 1 is 1.18 bits per heavy atom. The van der Waals surface area contributed by atoms with Gasteiger partial charge in [-0.3, -0.25) is 4.68 Å². The normalized spacial score (nSPS) is 17.8. The molecule has 0 unspecified atom stereocenters. The van der Waals surface area contributed by atoms with Gasteiger partial charge in [0.2, 0.25) is 0 Å². The molecule has 6 rings (SSSR count). The quantitative estimate of drug-likeness (QED) is 0.488. The summed E-state index contributed by atoms with van der Waals surface area (Å²) in [6.45, 7) is 7.61. The third kappa shape index (κ3) is 3.74. The molecule has 0 bridgehead atoms. The Hall–Kier alpha value is -3.30. The van der Waals surface area contributed by atoms with Crippen molar-refractivity contribution in [2.24, 2.45) is 12.5 Å². The topological polar surface area (TPSA) is 77.3 Å². The van der Waals surface area contributed by atoms with Crippen molar-refractivity contribution < 1.29 is 13.9 Å². The van der Waals surface area contributed by atoms with E-state index in [1.165, 1.54) is 6.07 Å². The van der Waals surface area contributed by atoms with Gasteiger partial charge in [-0.05, 0) is 23.8 Å². The molecular formula is C25H27FN6O2. The van der Waals surface area contributed by atoms with Crippen molar-refractivity contribution >= 4 is 27.5 Å². The maximum absolute atomic E-state index is 14.9. The molecule has 4 heterocycles. The van der Waals surface area contributed by atoms with Gasteiger partial charge in [0, 0.05) is 73.1 Å².